The minimum atomic E-state index is -2.36. The van der Waals surface area contributed by atoms with Crippen molar-refractivity contribution in [3.05, 3.63) is 181 Å². The van der Waals surface area contributed by atoms with Crippen LogP contribution in [0.1, 0.15) is 33.4 Å². The summed E-state index contributed by atoms with van der Waals surface area (Å²) < 4.78 is 9.78. The average Bonchev–Trinajstić information content (AvgIpc) is 3.91. The van der Waals surface area contributed by atoms with E-state index in [9.17, 15) is 0 Å². The molecule has 239 valence electrons. The van der Waals surface area contributed by atoms with Crippen molar-refractivity contribution in [3.8, 4) is 4.37 Å². The molecule has 5 aromatic rings. The van der Waals surface area contributed by atoms with Crippen molar-refractivity contribution >= 4 is 70.2 Å². The van der Waals surface area contributed by atoms with Gasteiger partial charge < -0.3 is 0 Å². The molecule has 0 unspecified atom stereocenters. The molecule has 5 heteroatoms. The molecule has 1 saturated heterocycles. The van der Waals surface area contributed by atoms with Crippen molar-refractivity contribution in [3.63, 3.8) is 0 Å². The van der Waals surface area contributed by atoms with E-state index in [-0.39, 0.29) is 0 Å². The zero-order valence-corrected chi connectivity index (χ0v) is 32.1. The summed E-state index contributed by atoms with van der Waals surface area (Å²) in [6.07, 6.45) is 17.8. The van der Waals surface area contributed by atoms with Gasteiger partial charge >= 0.3 is 275 Å². The van der Waals surface area contributed by atoms with E-state index in [2.05, 4.69) is 182 Å². The van der Waals surface area contributed by atoms with Crippen molar-refractivity contribution in [1.82, 2.24) is 0 Å². The first-order valence-electron chi connectivity index (χ1n) is 15.9. The van der Waals surface area contributed by atoms with Crippen LogP contribution in [0, 0.1) is 4.37 Å². The third-order valence-electron chi connectivity index (χ3n) is 8.19. The molecule has 48 heavy (non-hydrogen) atoms. The van der Waals surface area contributed by atoms with Gasteiger partial charge in [0.2, 0.25) is 0 Å². The van der Waals surface area contributed by atoms with Crippen LogP contribution >= 0.6 is 29.9 Å². The van der Waals surface area contributed by atoms with Gasteiger partial charge in [-0.1, -0.05) is 6.08 Å². The Morgan fingerprint density at radius 3 is 1.54 bits per heavy atom. The van der Waals surface area contributed by atoms with Gasteiger partial charge in [-0.3, -0.25) is 0 Å². The maximum atomic E-state index is 5.96. The number of benzene rings is 3. The number of hydrogen-bond donors (Lipinski definition) is 0. The molecule has 3 aromatic carbocycles. The molecule has 1 nitrogen and oxygen atoms in total. The number of hydrogen-bond acceptors (Lipinski definition) is 3. The van der Waals surface area contributed by atoms with E-state index in [4.69, 9.17) is 4.74 Å². The number of thiophene rings is 2. The van der Waals surface area contributed by atoms with Crippen LogP contribution in [0.25, 0.3) is 24.3 Å². The van der Waals surface area contributed by atoms with E-state index in [0.29, 0.717) is 13.2 Å². The average molecular weight is 855 g/mol. The van der Waals surface area contributed by atoms with Gasteiger partial charge in [-0.2, -0.15) is 0 Å². The second-order valence-corrected chi connectivity index (χ2v) is 17.5. The first-order chi connectivity index (χ1) is 23.6. The van der Waals surface area contributed by atoms with E-state index in [1.807, 2.05) is 17.9 Å². The molecule has 1 aliphatic rings. The summed E-state index contributed by atoms with van der Waals surface area (Å²) in [5, 5.41) is 5.15. The van der Waals surface area contributed by atoms with Crippen LogP contribution < -0.4 is 15.9 Å². The van der Waals surface area contributed by atoms with Crippen LogP contribution in [0.5, 0.6) is 0 Å². The first kappa shape index (κ1) is 34.2. The normalized spacial score (nSPS) is 16.0. The number of ether oxygens (including phenoxy) is 1. The molecule has 0 saturated carbocycles. The molecule has 2 aromatic heterocycles. The van der Waals surface area contributed by atoms with E-state index < -0.39 is 7.26 Å². The van der Waals surface area contributed by atoms with Gasteiger partial charge in [-0.05, 0) is 19.1 Å². The summed E-state index contributed by atoms with van der Waals surface area (Å²) in [5.41, 5.74) is 3.63. The fourth-order valence-corrected chi connectivity index (χ4v) is 13.4. The van der Waals surface area contributed by atoms with E-state index in [1.54, 1.807) is 22.7 Å². The topological polar surface area (TPSA) is 9.23 Å². The molecule has 0 aliphatic carbocycles. The van der Waals surface area contributed by atoms with Crippen LogP contribution in [-0.2, 0) is 22.7 Å². The van der Waals surface area contributed by atoms with Crippen LogP contribution in [0.3, 0.4) is 0 Å². The van der Waals surface area contributed by atoms with Gasteiger partial charge in [-0.25, -0.2) is 0 Å². The Balaban J connectivity index is 1.53. The molecule has 0 radical (unpaired) electrons. The summed E-state index contributed by atoms with van der Waals surface area (Å²) in [6, 6.07) is 41.9. The summed E-state index contributed by atoms with van der Waals surface area (Å²) in [6.45, 7) is 5.41. The van der Waals surface area contributed by atoms with Crippen molar-refractivity contribution in [2.75, 3.05) is 13.2 Å². The molecule has 0 N–H and O–H groups in total. The predicted molar refractivity (Wildman–Crippen MR) is 210 cm³/mol. The van der Waals surface area contributed by atoms with Gasteiger partial charge in [-0.15, -0.1) is 0 Å². The predicted octanol–water partition coefficient (Wildman–Crippen LogP) is 10.7. The van der Waals surface area contributed by atoms with Crippen molar-refractivity contribution < 1.29 is 22.7 Å². The molecule has 0 atom stereocenters. The van der Waals surface area contributed by atoms with E-state index in [0.717, 1.165) is 5.57 Å². The standard InChI is InChI=1S/C43H37OPS2.Os/c1-4-15-40-24-25-42(46-40)28-29-43-27-26-41(47-43)23-22-35(30-36-32-44-31-34(36)5-2)33(3)45(37-16-9-6-10-17-37,38-18-11-7-12-19-38)39-20-13-8-14-21-39;/h4-30H,31-32H2,1-2H3;/q+1;/b15-4+,23-22+,29-28+,34-5?,35-33?,36-30?;. The molecular weight excluding hydrogens is 818 g/mol. The molecular formula is C43H37OOsPS2+. The monoisotopic (exact) mass is 856 g/mol. The zero-order chi connectivity index (χ0) is 33.2. The molecule has 1 aliphatic heterocycles. The maximum absolute atomic E-state index is 5.96. The summed E-state index contributed by atoms with van der Waals surface area (Å²) in [4.78, 5) is 4.97. The van der Waals surface area contributed by atoms with Gasteiger partial charge in [0.25, 0.3) is 0 Å². The Bertz CT molecular complexity index is 1970. The third kappa shape index (κ3) is 7.62. The van der Waals surface area contributed by atoms with Crippen molar-refractivity contribution in [2.45, 2.75) is 13.8 Å². The van der Waals surface area contributed by atoms with Crippen LogP contribution in [0.15, 0.2) is 162 Å². The van der Waals surface area contributed by atoms with Crippen molar-refractivity contribution in [1.29, 1.82) is 0 Å². The minimum absolute atomic E-state index is 0.607. The Morgan fingerprint density at radius 2 is 1.08 bits per heavy atom. The number of rotatable bonds is 10. The van der Waals surface area contributed by atoms with E-state index in [1.165, 1.54) is 51.9 Å². The van der Waals surface area contributed by atoms with Gasteiger partial charge in [0.1, 0.15) is 0 Å². The summed E-state index contributed by atoms with van der Waals surface area (Å²) in [5.74, 6) is 0. The summed E-state index contributed by atoms with van der Waals surface area (Å²) in [7, 11) is -2.36. The van der Waals surface area contributed by atoms with Gasteiger partial charge in [0, 0.05) is 4.88 Å². The SMILES string of the molecule is CC=C1COCC1=CC(/C=C/c1ccc(/C=C/c2ccc(/C=C/C)s2)s1)=C([C]#[Os])[P+](c1ccccc1)(c1ccccc1)c1ccccc1. The Hall–Kier alpha value is -3.69. The fourth-order valence-electron chi connectivity index (χ4n) is 5.93. The first-order valence-corrected chi connectivity index (χ1v) is 20.6. The molecule has 0 bridgehead atoms. The Labute approximate surface area is 303 Å². The van der Waals surface area contributed by atoms with Gasteiger partial charge in [0.05, 0.1) is 0 Å². The Morgan fingerprint density at radius 1 is 0.625 bits per heavy atom. The summed E-state index contributed by atoms with van der Waals surface area (Å²) >= 11 is 5.43. The molecule has 0 spiro atoms. The molecule has 6 rings (SSSR count). The molecule has 1 fully saturated rings. The second-order valence-electron chi connectivity index (χ2n) is 11.2. The number of allylic oxidation sites excluding steroid dienone is 6. The molecule has 3 heterocycles. The van der Waals surface area contributed by atoms with Crippen LogP contribution in [0.4, 0.5) is 0 Å². The second kappa shape index (κ2) is 16.6. The van der Waals surface area contributed by atoms with Crippen LogP contribution in [-0.4, -0.2) is 13.2 Å². The third-order valence-corrected chi connectivity index (χ3v) is 15.6. The quantitative estimate of drug-likeness (QED) is 0.100. The van der Waals surface area contributed by atoms with Gasteiger partial charge in [0.15, 0.2) is 0 Å². The zero-order valence-electron chi connectivity index (χ0n) is 27.0. The van der Waals surface area contributed by atoms with Crippen LogP contribution in [0.2, 0.25) is 0 Å². The Kier molecular flexibility index (Phi) is 11.8. The molecule has 0 amide bonds. The van der Waals surface area contributed by atoms with E-state index >= 15 is 0 Å². The fraction of sp³-hybridized carbons (Fsp3) is 0.0930. The van der Waals surface area contributed by atoms with Crippen molar-refractivity contribution in [2.24, 2.45) is 0 Å².